The summed E-state index contributed by atoms with van der Waals surface area (Å²) < 4.78 is 0.976. The minimum atomic E-state index is -1.68. The van der Waals surface area contributed by atoms with Gasteiger partial charge in [0, 0.05) is 0 Å². The SMILES string of the molecule is C[C](C)(C)[Ge](=[Si]([Si](C)(C(C)(C)C)C(C)(C)C)[Si](C)(C(C)(C)C)C(C)(C)C)[C](C)(C)C. The summed E-state index contributed by atoms with van der Waals surface area (Å²) in [5.41, 5.74) is 0. The fourth-order valence-electron chi connectivity index (χ4n) is 6.62. The molecular weight excluding hydrogens is 469 g/mol. The minimum absolute atomic E-state index is 0.430. The van der Waals surface area contributed by atoms with Crippen molar-refractivity contribution in [3.8, 4) is 0 Å². The van der Waals surface area contributed by atoms with Gasteiger partial charge in [-0.15, -0.1) is 0 Å². The van der Waals surface area contributed by atoms with E-state index in [1.54, 1.807) is 0 Å². The molecule has 0 saturated carbocycles. The van der Waals surface area contributed by atoms with Crippen LogP contribution in [-0.4, -0.2) is 34.3 Å². The van der Waals surface area contributed by atoms with Crippen molar-refractivity contribution in [2.45, 2.75) is 166 Å². The summed E-state index contributed by atoms with van der Waals surface area (Å²) in [6.45, 7) is 53.2. The van der Waals surface area contributed by atoms with E-state index in [2.05, 4.69) is 138 Å². The molecule has 0 bridgehead atoms. The van der Waals surface area contributed by atoms with Crippen molar-refractivity contribution >= 4 is 34.3 Å². The van der Waals surface area contributed by atoms with Gasteiger partial charge < -0.3 is 0 Å². The first-order valence-corrected chi connectivity index (χ1v) is 26.0. The van der Waals surface area contributed by atoms with Crippen molar-refractivity contribution in [3.63, 3.8) is 0 Å². The van der Waals surface area contributed by atoms with Crippen LogP contribution >= 0.6 is 0 Å². The van der Waals surface area contributed by atoms with Crippen molar-refractivity contribution in [1.29, 1.82) is 0 Å². The molecule has 0 amide bonds. The molecular formula is C26H60GeSi3. The molecule has 0 nitrogen and oxygen atoms in total. The second-order valence-electron chi connectivity index (χ2n) is 16.5. The Kier molecular flexibility index (Phi) is 8.78. The van der Waals surface area contributed by atoms with Gasteiger partial charge in [-0.3, -0.25) is 0 Å². The van der Waals surface area contributed by atoms with Crippen LogP contribution in [0.15, 0.2) is 0 Å². The first-order chi connectivity index (χ1) is 12.5. The predicted octanol–water partition coefficient (Wildman–Crippen LogP) is 10.2. The van der Waals surface area contributed by atoms with Crippen LogP contribution in [0.5, 0.6) is 0 Å². The topological polar surface area (TPSA) is 0 Å². The van der Waals surface area contributed by atoms with Crippen LogP contribution in [0.25, 0.3) is 0 Å². The zero-order chi connectivity index (χ0) is 25.2. The van der Waals surface area contributed by atoms with Gasteiger partial charge in [0.15, 0.2) is 0 Å². The summed E-state index contributed by atoms with van der Waals surface area (Å²) in [6.07, 6.45) is 0. The third kappa shape index (κ3) is 5.46. The Bertz CT molecular complexity index is 561. The molecule has 180 valence electrons. The van der Waals surface area contributed by atoms with Crippen LogP contribution in [0, 0.1) is 0 Å². The summed E-state index contributed by atoms with van der Waals surface area (Å²) in [6, 6.07) is 0. The van der Waals surface area contributed by atoms with Crippen molar-refractivity contribution in [2.75, 3.05) is 0 Å². The average Bonchev–Trinajstić information content (AvgIpc) is 2.34. The Morgan fingerprint density at radius 2 is 0.567 bits per heavy atom. The number of rotatable bonds is 2. The van der Waals surface area contributed by atoms with Gasteiger partial charge in [-0.2, -0.15) is 0 Å². The van der Waals surface area contributed by atoms with Gasteiger partial charge in [-0.25, -0.2) is 0 Å². The van der Waals surface area contributed by atoms with Crippen LogP contribution in [0.4, 0.5) is 0 Å². The fourth-order valence-corrected chi connectivity index (χ4v) is 140. The van der Waals surface area contributed by atoms with Gasteiger partial charge in [-0.1, -0.05) is 0 Å². The van der Waals surface area contributed by atoms with E-state index in [9.17, 15) is 0 Å². The molecule has 0 saturated heterocycles. The maximum absolute atomic E-state index is 2.90. The molecule has 0 N–H and O–H groups in total. The van der Waals surface area contributed by atoms with Gasteiger partial charge in [0.2, 0.25) is 0 Å². The third-order valence-electron chi connectivity index (χ3n) is 8.75. The van der Waals surface area contributed by atoms with Crippen molar-refractivity contribution in [3.05, 3.63) is 0 Å². The summed E-state index contributed by atoms with van der Waals surface area (Å²) in [4.78, 5) is 0. The molecule has 0 radical (unpaired) electrons. The quantitative estimate of drug-likeness (QED) is 0.312. The molecule has 0 aliphatic rings. The number of hydrogen-bond donors (Lipinski definition) is 0. The average molecular weight is 530 g/mol. The summed E-state index contributed by atoms with van der Waals surface area (Å²) in [5.74, 6) is -0.557. The van der Waals surface area contributed by atoms with E-state index < -0.39 is 34.3 Å². The molecule has 0 spiro atoms. The second-order valence-corrected chi connectivity index (χ2v) is 58.2. The van der Waals surface area contributed by atoms with Crippen LogP contribution in [0.3, 0.4) is 0 Å². The van der Waals surface area contributed by atoms with Crippen molar-refractivity contribution < 1.29 is 0 Å². The van der Waals surface area contributed by atoms with E-state index in [1.807, 2.05) is 0 Å². The van der Waals surface area contributed by atoms with E-state index in [-0.39, 0.29) is 0 Å². The molecule has 0 rings (SSSR count). The summed E-state index contributed by atoms with van der Waals surface area (Å²) in [7, 11) is -3.36. The van der Waals surface area contributed by atoms with Gasteiger partial charge in [0.25, 0.3) is 0 Å². The van der Waals surface area contributed by atoms with E-state index in [0.29, 0.717) is 28.6 Å². The van der Waals surface area contributed by atoms with Crippen molar-refractivity contribution in [1.82, 2.24) is 0 Å². The molecule has 0 fully saturated rings. The molecule has 0 aromatic rings. The molecule has 0 atom stereocenters. The second kappa shape index (κ2) is 8.45. The molecule has 4 heteroatoms. The monoisotopic (exact) mass is 530 g/mol. The molecule has 0 aliphatic heterocycles. The fraction of sp³-hybridized carbons (Fsp3) is 1.00. The Morgan fingerprint density at radius 3 is 0.667 bits per heavy atom. The molecule has 30 heavy (non-hydrogen) atoms. The molecule has 0 aromatic carbocycles. The predicted molar refractivity (Wildman–Crippen MR) is 153 cm³/mol. The Morgan fingerprint density at radius 1 is 0.400 bits per heavy atom. The summed E-state index contributed by atoms with van der Waals surface area (Å²) in [5, 5.41) is 1.72. The maximum atomic E-state index is 2.90. The van der Waals surface area contributed by atoms with Crippen LogP contribution in [0.1, 0.15) is 125 Å². The number of hydrogen-bond acceptors (Lipinski definition) is 0. The Hall–Kier alpha value is 1.19. The Balaban J connectivity index is 8.47. The molecule has 0 aromatic heterocycles. The van der Waals surface area contributed by atoms with Gasteiger partial charge in [0.05, 0.1) is 0 Å². The van der Waals surface area contributed by atoms with E-state index in [4.69, 9.17) is 0 Å². The van der Waals surface area contributed by atoms with Gasteiger partial charge in [-0.05, 0) is 0 Å². The first-order valence-electron chi connectivity index (χ1n) is 12.2. The standard InChI is InChI=1S/C26H60GeSi3/c1-21(2,3)27(22(4,5)6)28(29(19,23(7,8)9)24(10,11)12)30(20,25(13,14)15)26(16,17)18/h1-20H3. The van der Waals surface area contributed by atoms with Crippen LogP contribution < -0.4 is 0 Å². The third-order valence-corrected chi connectivity index (χ3v) is 91.2. The zero-order valence-corrected chi connectivity index (χ0v) is 30.1. The van der Waals surface area contributed by atoms with Crippen LogP contribution in [-0.2, 0) is 0 Å². The summed E-state index contributed by atoms with van der Waals surface area (Å²) >= 11 is -1.54. The molecule has 0 unspecified atom stereocenters. The normalized spacial score (nSPS) is 16.0. The van der Waals surface area contributed by atoms with E-state index >= 15 is 0 Å². The van der Waals surface area contributed by atoms with Gasteiger partial charge in [0.1, 0.15) is 0 Å². The van der Waals surface area contributed by atoms with E-state index in [1.165, 1.54) is 0 Å². The Labute approximate surface area is 199 Å². The van der Waals surface area contributed by atoms with Crippen molar-refractivity contribution in [2.24, 2.45) is 0 Å². The van der Waals surface area contributed by atoms with Crippen LogP contribution in [0.2, 0.25) is 41.7 Å². The first kappa shape index (κ1) is 31.2. The zero-order valence-electron chi connectivity index (χ0n) is 25.0. The van der Waals surface area contributed by atoms with Gasteiger partial charge >= 0.3 is 201 Å². The molecule has 0 heterocycles. The molecule has 0 aliphatic carbocycles. The van der Waals surface area contributed by atoms with E-state index in [0.717, 1.165) is 0 Å².